The van der Waals surface area contributed by atoms with Gasteiger partial charge in [-0.2, -0.15) is 0 Å². The van der Waals surface area contributed by atoms with Gasteiger partial charge in [0.1, 0.15) is 12.4 Å². The third kappa shape index (κ3) is 4.00. The molecule has 0 aromatic heterocycles. The van der Waals surface area contributed by atoms with Crippen LogP contribution in [0.25, 0.3) is 0 Å². The van der Waals surface area contributed by atoms with Crippen LogP contribution in [-0.4, -0.2) is 15.5 Å². The number of hydrogen-bond acceptors (Lipinski definition) is 3. The highest BCUT2D eigenvalue weighted by Crippen LogP contribution is 2.24. The topological polar surface area (TPSA) is 46.6 Å². The van der Waals surface area contributed by atoms with Crippen LogP contribution in [0.5, 0.6) is 5.75 Å². The zero-order valence-electron chi connectivity index (χ0n) is 13.9. The first kappa shape index (κ1) is 17.0. The molecule has 0 heterocycles. The van der Waals surface area contributed by atoms with E-state index in [1.54, 1.807) is 61.6 Å². The van der Waals surface area contributed by atoms with E-state index in [0.29, 0.717) is 18.0 Å². The van der Waals surface area contributed by atoms with E-state index in [-0.39, 0.29) is 4.90 Å². The molecule has 3 aromatic carbocycles. The van der Waals surface area contributed by atoms with E-state index < -0.39 is 10.0 Å². The Balaban J connectivity index is 1.71. The second-order valence-electron chi connectivity index (χ2n) is 5.55. The van der Waals surface area contributed by atoms with Crippen LogP contribution >= 0.6 is 0 Å². The van der Waals surface area contributed by atoms with Gasteiger partial charge in [-0.3, -0.25) is 4.31 Å². The van der Waals surface area contributed by atoms with Gasteiger partial charge in [-0.15, -0.1) is 0 Å². The molecule has 0 amide bonds. The van der Waals surface area contributed by atoms with Gasteiger partial charge in [-0.05, 0) is 42.0 Å². The Labute approximate surface area is 148 Å². The molecule has 5 heteroatoms. The fraction of sp³-hybridized carbons (Fsp3) is 0.100. The molecule has 4 nitrogen and oxygen atoms in total. The first-order valence-electron chi connectivity index (χ1n) is 7.88. The zero-order chi connectivity index (χ0) is 17.7. The molecule has 0 aliphatic rings. The maximum atomic E-state index is 12.6. The molecule has 0 unspecified atom stereocenters. The summed E-state index contributed by atoms with van der Waals surface area (Å²) in [5.74, 6) is 0.693. The van der Waals surface area contributed by atoms with Crippen LogP contribution in [0.1, 0.15) is 5.56 Å². The van der Waals surface area contributed by atoms with E-state index in [4.69, 9.17) is 4.74 Å². The van der Waals surface area contributed by atoms with Crippen molar-refractivity contribution in [3.05, 3.63) is 90.5 Å². The molecule has 128 valence electrons. The summed E-state index contributed by atoms with van der Waals surface area (Å²) in [6, 6.07) is 25.3. The lowest BCUT2D eigenvalue weighted by Gasteiger charge is -2.19. The molecule has 0 bridgehead atoms. The van der Waals surface area contributed by atoms with Gasteiger partial charge in [0.15, 0.2) is 0 Å². The summed E-state index contributed by atoms with van der Waals surface area (Å²) in [7, 11) is -2.02. The summed E-state index contributed by atoms with van der Waals surface area (Å²) < 4.78 is 32.2. The Morgan fingerprint density at radius 1 is 0.800 bits per heavy atom. The number of sulfonamides is 1. The van der Waals surface area contributed by atoms with Crippen molar-refractivity contribution in [2.45, 2.75) is 11.5 Å². The first-order valence-corrected chi connectivity index (χ1v) is 9.32. The number of rotatable bonds is 6. The molecule has 0 saturated carbocycles. The molecule has 0 saturated heterocycles. The number of ether oxygens (including phenoxy) is 1. The Kier molecular flexibility index (Phi) is 5.05. The predicted octanol–water partition coefficient (Wildman–Crippen LogP) is 4.09. The average molecular weight is 353 g/mol. The van der Waals surface area contributed by atoms with Crippen LogP contribution in [0.15, 0.2) is 89.8 Å². The van der Waals surface area contributed by atoms with Crippen LogP contribution in [0, 0.1) is 0 Å². The van der Waals surface area contributed by atoms with Crippen molar-refractivity contribution in [3.8, 4) is 5.75 Å². The maximum Gasteiger partial charge on any atom is 0.264 e. The van der Waals surface area contributed by atoms with E-state index >= 15 is 0 Å². The number of nitrogens with zero attached hydrogens (tertiary/aromatic N) is 1. The molecule has 0 spiro atoms. The fourth-order valence-corrected chi connectivity index (χ4v) is 3.60. The minimum Gasteiger partial charge on any atom is -0.489 e. The lowest BCUT2D eigenvalue weighted by molar-refractivity contribution is 0.306. The standard InChI is InChI=1S/C20H19NO3S/c1-21(25(22,23)20-10-6-3-7-11-20)18-12-14-19(15-13-18)24-16-17-8-4-2-5-9-17/h2-15H,16H2,1H3. The summed E-state index contributed by atoms with van der Waals surface area (Å²) >= 11 is 0. The highest BCUT2D eigenvalue weighted by atomic mass is 32.2. The van der Waals surface area contributed by atoms with Crippen molar-refractivity contribution in [1.29, 1.82) is 0 Å². The Bertz CT molecular complexity index is 908. The molecular weight excluding hydrogens is 334 g/mol. The summed E-state index contributed by atoms with van der Waals surface area (Å²) in [6.07, 6.45) is 0. The molecule has 0 aliphatic carbocycles. The minimum atomic E-state index is -3.57. The molecule has 25 heavy (non-hydrogen) atoms. The monoisotopic (exact) mass is 353 g/mol. The van der Waals surface area contributed by atoms with Crippen molar-refractivity contribution < 1.29 is 13.2 Å². The van der Waals surface area contributed by atoms with Crippen molar-refractivity contribution in [2.75, 3.05) is 11.4 Å². The summed E-state index contributed by atoms with van der Waals surface area (Å²) in [6.45, 7) is 0.471. The van der Waals surface area contributed by atoms with E-state index in [9.17, 15) is 8.42 Å². The van der Waals surface area contributed by atoms with Crippen molar-refractivity contribution in [2.24, 2.45) is 0 Å². The van der Waals surface area contributed by atoms with Crippen molar-refractivity contribution in [3.63, 3.8) is 0 Å². The van der Waals surface area contributed by atoms with Gasteiger partial charge in [0.05, 0.1) is 10.6 Å². The zero-order valence-corrected chi connectivity index (χ0v) is 14.7. The van der Waals surface area contributed by atoms with Crippen LogP contribution < -0.4 is 9.04 Å². The fourth-order valence-electron chi connectivity index (χ4n) is 2.38. The molecule has 0 fully saturated rings. The highest BCUT2D eigenvalue weighted by Gasteiger charge is 2.20. The van der Waals surface area contributed by atoms with Crippen molar-refractivity contribution in [1.82, 2.24) is 0 Å². The Morgan fingerprint density at radius 2 is 1.36 bits per heavy atom. The molecule has 0 radical (unpaired) electrons. The third-order valence-corrected chi connectivity index (χ3v) is 5.65. The summed E-state index contributed by atoms with van der Waals surface area (Å²) in [5, 5.41) is 0. The quantitative estimate of drug-likeness (QED) is 0.670. The third-order valence-electron chi connectivity index (χ3n) is 3.85. The highest BCUT2D eigenvalue weighted by molar-refractivity contribution is 7.92. The molecule has 3 rings (SSSR count). The SMILES string of the molecule is CN(c1ccc(OCc2ccccc2)cc1)S(=O)(=O)c1ccccc1. The molecule has 0 atom stereocenters. The lowest BCUT2D eigenvalue weighted by Crippen LogP contribution is -2.26. The van der Waals surface area contributed by atoms with E-state index in [1.165, 1.54) is 4.31 Å². The minimum absolute atomic E-state index is 0.266. The van der Waals surface area contributed by atoms with Gasteiger partial charge in [-0.1, -0.05) is 48.5 Å². The van der Waals surface area contributed by atoms with Crippen LogP contribution in [0.4, 0.5) is 5.69 Å². The van der Waals surface area contributed by atoms with Gasteiger partial charge >= 0.3 is 0 Å². The number of benzene rings is 3. The van der Waals surface area contributed by atoms with E-state index in [2.05, 4.69) is 0 Å². The molecule has 0 N–H and O–H groups in total. The Morgan fingerprint density at radius 3 is 1.96 bits per heavy atom. The largest absolute Gasteiger partial charge is 0.489 e. The molecule has 3 aromatic rings. The number of anilines is 1. The maximum absolute atomic E-state index is 12.6. The number of hydrogen-bond donors (Lipinski definition) is 0. The molecular formula is C20H19NO3S. The van der Waals surface area contributed by atoms with Crippen LogP contribution in [-0.2, 0) is 16.6 Å². The summed E-state index contributed by atoms with van der Waals surface area (Å²) in [4.78, 5) is 0.266. The van der Waals surface area contributed by atoms with Gasteiger partial charge in [-0.25, -0.2) is 8.42 Å². The Hall–Kier alpha value is -2.79. The first-order chi connectivity index (χ1) is 12.1. The van der Waals surface area contributed by atoms with Gasteiger partial charge in [0.2, 0.25) is 0 Å². The van der Waals surface area contributed by atoms with E-state index in [0.717, 1.165) is 5.56 Å². The second kappa shape index (κ2) is 7.40. The van der Waals surface area contributed by atoms with Crippen molar-refractivity contribution >= 4 is 15.7 Å². The van der Waals surface area contributed by atoms with E-state index in [1.807, 2.05) is 30.3 Å². The van der Waals surface area contributed by atoms with Crippen LogP contribution in [0.2, 0.25) is 0 Å². The second-order valence-corrected chi connectivity index (χ2v) is 7.52. The van der Waals surface area contributed by atoms with Gasteiger partial charge in [0, 0.05) is 7.05 Å². The van der Waals surface area contributed by atoms with Gasteiger partial charge < -0.3 is 4.74 Å². The lowest BCUT2D eigenvalue weighted by atomic mass is 10.2. The van der Waals surface area contributed by atoms with Gasteiger partial charge in [0.25, 0.3) is 10.0 Å². The molecule has 0 aliphatic heterocycles. The summed E-state index contributed by atoms with van der Waals surface area (Å²) in [5.41, 5.74) is 1.66. The average Bonchev–Trinajstić information content (AvgIpc) is 2.68. The predicted molar refractivity (Wildman–Crippen MR) is 99.2 cm³/mol. The normalized spacial score (nSPS) is 11.1. The smallest absolute Gasteiger partial charge is 0.264 e. The van der Waals surface area contributed by atoms with Crippen LogP contribution in [0.3, 0.4) is 0 Å².